The van der Waals surface area contributed by atoms with Crippen molar-refractivity contribution in [2.24, 2.45) is 10.4 Å². The predicted molar refractivity (Wildman–Crippen MR) is 150 cm³/mol. The zero-order valence-electron chi connectivity index (χ0n) is 22.2. The summed E-state index contributed by atoms with van der Waals surface area (Å²) in [5.41, 5.74) is 7.52. The van der Waals surface area contributed by atoms with Crippen molar-refractivity contribution >= 4 is 29.9 Å². The van der Waals surface area contributed by atoms with Gasteiger partial charge in [0.2, 0.25) is 0 Å². The number of aldehydes is 1. The van der Waals surface area contributed by atoms with Gasteiger partial charge in [-0.15, -0.1) is 0 Å². The molecule has 1 aromatic carbocycles. The number of nitrogens with zero attached hydrogens (tertiary/aromatic N) is 2. The van der Waals surface area contributed by atoms with Crippen LogP contribution in [0.25, 0.3) is 0 Å². The third-order valence-corrected chi connectivity index (χ3v) is 5.93. The molecule has 1 aromatic rings. The molecular formula is C30H41ClN2O. The van der Waals surface area contributed by atoms with E-state index in [-0.39, 0.29) is 5.41 Å². The molecule has 0 unspecified atom stereocenters. The largest absolute Gasteiger partial charge is 0.369 e. The maximum absolute atomic E-state index is 10.3. The van der Waals surface area contributed by atoms with Crippen LogP contribution in [0.5, 0.6) is 0 Å². The van der Waals surface area contributed by atoms with Crippen LogP contribution in [0.3, 0.4) is 0 Å². The van der Waals surface area contributed by atoms with E-state index in [0.717, 1.165) is 28.1 Å². The number of hydrogen-bond donors (Lipinski definition) is 0. The number of allylic oxidation sites excluding steroid dienone is 10. The molecule has 3 nitrogen and oxygen atoms in total. The minimum Gasteiger partial charge on any atom is -0.369 e. The topological polar surface area (TPSA) is 32.7 Å². The molecular weight excluding hydrogens is 440 g/mol. The Labute approximate surface area is 212 Å². The molecule has 0 atom stereocenters. The number of carbonyl (C=O) groups is 1. The minimum atomic E-state index is 0.290. The zero-order valence-corrected chi connectivity index (χ0v) is 22.9. The molecule has 0 heterocycles. The lowest BCUT2D eigenvalue weighted by Crippen LogP contribution is -2.19. The lowest BCUT2D eigenvalue weighted by molar-refractivity contribution is -0.104. The van der Waals surface area contributed by atoms with Crippen LogP contribution in [0.15, 0.2) is 81.9 Å². The molecule has 0 saturated carbocycles. The first-order valence-corrected chi connectivity index (χ1v) is 12.2. The Morgan fingerprint density at radius 3 is 2.35 bits per heavy atom. The molecule has 0 spiro atoms. The first kappa shape index (κ1) is 29.4. The van der Waals surface area contributed by atoms with Crippen molar-refractivity contribution in [3.05, 3.63) is 87.5 Å². The van der Waals surface area contributed by atoms with Crippen molar-refractivity contribution in [3.8, 4) is 0 Å². The molecule has 0 aromatic heterocycles. The molecule has 34 heavy (non-hydrogen) atoms. The maximum Gasteiger partial charge on any atom is 0.143 e. The molecule has 0 aliphatic heterocycles. The highest BCUT2D eigenvalue weighted by Gasteiger charge is 2.26. The normalized spacial score (nSPS) is 16.9. The van der Waals surface area contributed by atoms with Gasteiger partial charge in [0.25, 0.3) is 0 Å². The first-order valence-electron chi connectivity index (χ1n) is 11.8. The Bertz CT molecular complexity index is 1000. The Hall–Kier alpha value is -2.65. The molecule has 2 rings (SSSR count). The minimum absolute atomic E-state index is 0.290. The number of aliphatic imine (C=N–C) groups is 1. The molecule has 0 saturated heterocycles. The van der Waals surface area contributed by atoms with Crippen molar-refractivity contribution in [1.29, 1.82) is 0 Å². The van der Waals surface area contributed by atoms with Gasteiger partial charge in [-0.2, -0.15) is 0 Å². The van der Waals surface area contributed by atoms with Gasteiger partial charge >= 0.3 is 0 Å². The number of rotatable bonds is 7. The van der Waals surface area contributed by atoms with E-state index in [9.17, 15) is 4.79 Å². The van der Waals surface area contributed by atoms with Crippen molar-refractivity contribution in [2.45, 2.75) is 60.8 Å². The highest BCUT2D eigenvalue weighted by Crippen LogP contribution is 2.40. The Kier molecular flexibility index (Phi) is 12.6. The standard InChI is InChI=1S/C20H28O.C10H13ClN2/c1-16(8-6-9-17(2)13-15-21)11-12-19-18(3)10-7-14-20(19,4)5;1-8-6-9(11)4-5-10(8)12-7-13(2)3/h6,8-9,11-13,15H,7,10,14H2,1-5H3;4-7H,1-3H3/b9-6+,12-11+,16-8+,17-13+;. The van der Waals surface area contributed by atoms with E-state index in [1.807, 2.05) is 63.2 Å². The van der Waals surface area contributed by atoms with Gasteiger partial charge in [-0.1, -0.05) is 67.0 Å². The van der Waals surface area contributed by atoms with Gasteiger partial charge in [0.05, 0.1) is 12.0 Å². The summed E-state index contributed by atoms with van der Waals surface area (Å²) in [6.45, 7) is 12.9. The summed E-state index contributed by atoms with van der Waals surface area (Å²) in [5, 5.41) is 0.751. The van der Waals surface area contributed by atoms with E-state index < -0.39 is 0 Å². The lowest BCUT2D eigenvalue weighted by atomic mass is 9.72. The van der Waals surface area contributed by atoms with Gasteiger partial charge in [0, 0.05) is 19.1 Å². The van der Waals surface area contributed by atoms with Crippen LogP contribution in [0.1, 0.15) is 59.4 Å². The van der Waals surface area contributed by atoms with E-state index in [1.54, 1.807) is 12.4 Å². The Balaban J connectivity index is 0.000000380. The summed E-state index contributed by atoms with van der Waals surface area (Å²) in [4.78, 5) is 16.5. The summed E-state index contributed by atoms with van der Waals surface area (Å²) in [6.07, 6.45) is 18.4. The quantitative estimate of drug-likeness (QED) is 0.129. The monoisotopic (exact) mass is 480 g/mol. The molecule has 1 aliphatic rings. The van der Waals surface area contributed by atoms with Gasteiger partial charge in [-0.3, -0.25) is 4.79 Å². The third kappa shape index (κ3) is 11.0. The Morgan fingerprint density at radius 2 is 1.76 bits per heavy atom. The number of carbonyl (C=O) groups excluding carboxylic acids is 1. The van der Waals surface area contributed by atoms with Crippen LogP contribution >= 0.6 is 11.6 Å². The highest BCUT2D eigenvalue weighted by atomic mass is 35.5. The van der Waals surface area contributed by atoms with E-state index >= 15 is 0 Å². The van der Waals surface area contributed by atoms with Gasteiger partial charge in [-0.05, 0) is 93.4 Å². The van der Waals surface area contributed by atoms with Crippen molar-refractivity contribution in [1.82, 2.24) is 4.90 Å². The lowest BCUT2D eigenvalue weighted by Gasteiger charge is -2.32. The van der Waals surface area contributed by atoms with Crippen LogP contribution < -0.4 is 0 Å². The summed E-state index contributed by atoms with van der Waals surface area (Å²) < 4.78 is 0. The molecule has 1 aliphatic carbocycles. The summed E-state index contributed by atoms with van der Waals surface area (Å²) >= 11 is 5.82. The van der Waals surface area contributed by atoms with E-state index in [4.69, 9.17) is 11.6 Å². The number of halogens is 1. The van der Waals surface area contributed by atoms with Gasteiger partial charge in [0.15, 0.2) is 0 Å². The highest BCUT2D eigenvalue weighted by molar-refractivity contribution is 6.30. The fourth-order valence-electron chi connectivity index (χ4n) is 3.74. The van der Waals surface area contributed by atoms with Crippen LogP contribution in [-0.2, 0) is 4.79 Å². The summed E-state index contributed by atoms with van der Waals surface area (Å²) in [6, 6.07) is 5.67. The molecule has 0 radical (unpaired) electrons. The van der Waals surface area contributed by atoms with Crippen molar-refractivity contribution < 1.29 is 4.79 Å². The SMILES string of the molecule is CC1=C(/C=C/C(C)=C/C=C/C(C)=C/C=O)C(C)(C)CCC1.Cc1cc(Cl)ccc1N=CN(C)C. The average Bonchev–Trinajstić information content (AvgIpc) is 2.73. The zero-order chi connectivity index (χ0) is 25.7. The molecule has 0 N–H and O–H groups in total. The van der Waals surface area contributed by atoms with E-state index in [1.165, 1.54) is 36.0 Å². The van der Waals surface area contributed by atoms with Crippen LogP contribution in [0.2, 0.25) is 5.02 Å². The van der Waals surface area contributed by atoms with E-state index in [2.05, 4.69) is 50.9 Å². The van der Waals surface area contributed by atoms with Crippen molar-refractivity contribution in [3.63, 3.8) is 0 Å². The van der Waals surface area contributed by atoms with Gasteiger partial charge in [-0.25, -0.2) is 4.99 Å². The molecule has 0 amide bonds. The number of benzene rings is 1. The maximum atomic E-state index is 10.3. The first-order chi connectivity index (χ1) is 16.0. The van der Waals surface area contributed by atoms with Crippen LogP contribution in [0.4, 0.5) is 5.69 Å². The fourth-order valence-corrected chi connectivity index (χ4v) is 3.96. The van der Waals surface area contributed by atoms with Crippen LogP contribution in [-0.4, -0.2) is 31.6 Å². The average molecular weight is 481 g/mol. The summed E-state index contributed by atoms with van der Waals surface area (Å²) in [7, 11) is 3.88. The van der Waals surface area contributed by atoms with Gasteiger partial charge < -0.3 is 4.90 Å². The predicted octanol–water partition coefficient (Wildman–Crippen LogP) is 8.59. The van der Waals surface area contributed by atoms with E-state index in [0.29, 0.717) is 0 Å². The molecule has 184 valence electrons. The fraction of sp³-hybridized carbons (Fsp3) is 0.400. The second-order valence-electron chi connectivity index (χ2n) is 9.72. The number of aryl methyl sites for hydroxylation is 1. The Morgan fingerprint density at radius 1 is 1.09 bits per heavy atom. The second kappa shape index (κ2) is 14.6. The number of hydrogen-bond acceptors (Lipinski definition) is 2. The van der Waals surface area contributed by atoms with Crippen LogP contribution in [0, 0.1) is 12.3 Å². The molecule has 4 heteroatoms. The second-order valence-corrected chi connectivity index (χ2v) is 10.2. The van der Waals surface area contributed by atoms with Crippen molar-refractivity contribution in [2.75, 3.05) is 14.1 Å². The third-order valence-electron chi connectivity index (χ3n) is 5.69. The molecule has 0 bridgehead atoms. The summed E-state index contributed by atoms with van der Waals surface area (Å²) in [5.74, 6) is 0. The molecule has 0 fully saturated rings. The smallest absolute Gasteiger partial charge is 0.143 e. The van der Waals surface area contributed by atoms with Gasteiger partial charge in [0.1, 0.15) is 6.29 Å².